The van der Waals surface area contributed by atoms with Crippen molar-refractivity contribution < 1.29 is 14.2 Å². The number of piperidine rings is 1. The highest BCUT2D eigenvalue weighted by molar-refractivity contribution is 4.94. The molecule has 250 valence electrons. The molecule has 43 heavy (non-hydrogen) atoms. The first-order valence-corrected chi connectivity index (χ1v) is 18.4. The van der Waals surface area contributed by atoms with Crippen LogP contribution in [0.1, 0.15) is 100 Å². The molecule has 1 aliphatic carbocycles. The molecule has 8 rings (SSSR count). The second-order valence-corrected chi connectivity index (χ2v) is 16.2. The van der Waals surface area contributed by atoms with Gasteiger partial charge < -0.3 is 19.1 Å². The van der Waals surface area contributed by atoms with Crippen molar-refractivity contribution in [2.24, 2.45) is 17.8 Å². The molecule has 7 aliphatic heterocycles. The van der Waals surface area contributed by atoms with E-state index >= 15 is 0 Å². The minimum atomic E-state index is 0.552. The van der Waals surface area contributed by atoms with E-state index in [4.69, 9.17) is 14.2 Å². The van der Waals surface area contributed by atoms with Crippen molar-refractivity contribution in [2.75, 3.05) is 59.2 Å². The summed E-state index contributed by atoms with van der Waals surface area (Å²) in [5, 5.41) is 0. The number of nitrogens with zero attached hydrogens (tertiary/aromatic N) is 4. The Hall–Kier alpha value is -0.280. The van der Waals surface area contributed by atoms with Crippen LogP contribution in [0.2, 0.25) is 0 Å². The normalized spacial score (nSPS) is 38.8. The summed E-state index contributed by atoms with van der Waals surface area (Å²) >= 11 is 0. The zero-order valence-electron chi connectivity index (χ0n) is 29.3. The molecule has 7 nitrogen and oxygen atoms in total. The van der Waals surface area contributed by atoms with Crippen molar-refractivity contribution in [2.45, 2.75) is 155 Å². The molecule has 7 saturated heterocycles. The molecule has 7 heterocycles. The molecule has 0 spiro atoms. The van der Waals surface area contributed by atoms with Crippen molar-refractivity contribution in [3.05, 3.63) is 0 Å². The molecule has 1 saturated carbocycles. The molecule has 8 fully saturated rings. The lowest BCUT2D eigenvalue weighted by Crippen LogP contribution is -2.49. The molecule has 0 N–H and O–H groups in total. The summed E-state index contributed by atoms with van der Waals surface area (Å²) in [6.07, 6.45) is 10.9. The minimum absolute atomic E-state index is 0.552. The van der Waals surface area contributed by atoms with Crippen molar-refractivity contribution in [3.63, 3.8) is 0 Å². The fraction of sp³-hybridized carbons (Fsp3) is 1.00. The Balaban J connectivity index is 0.000000114. The van der Waals surface area contributed by atoms with Crippen molar-refractivity contribution in [3.8, 4) is 0 Å². The van der Waals surface area contributed by atoms with Gasteiger partial charge in [0.15, 0.2) is 0 Å². The van der Waals surface area contributed by atoms with Crippen molar-refractivity contribution >= 4 is 0 Å². The van der Waals surface area contributed by atoms with Crippen molar-refractivity contribution in [1.29, 1.82) is 0 Å². The number of hydrogen-bond acceptors (Lipinski definition) is 7. The van der Waals surface area contributed by atoms with Crippen LogP contribution in [0.25, 0.3) is 0 Å². The van der Waals surface area contributed by atoms with Gasteiger partial charge in [-0.2, -0.15) is 0 Å². The highest BCUT2D eigenvalue weighted by Gasteiger charge is 2.40. The van der Waals surface area contributed by atoms with E-state index < -0.39 is 0 Å². The van der Waals surface area contributed by atoms with E-state index in [0.717, 1.165) is 87.5 Å². The lowest BCUT2D eigenvalue weighted by atomic mass is 10.0. The molecular weight excluding hydrogens is 536 g/mol. The van der Waals surface area contributed by atoms with Crippen LogP contribution in [0.3, 0.4) is 0 Å². The van der Waals surface area contributed by atoms with Gasteiger partial charge in [-0.3, -0.25) is 14.7 Å². The smallest absolute Gasteiger partial charge is 0.0707 e. The lowest BCUT2D eigenvalue weighted by molar-refractivity contribution is -0.0480. The molecule has 8 aliphatic rings. The van der Waals surface area contributed by atoms with Gasteiger partial charge in [0.1, 0.15) is 0 Å². The Kier molecular flexibility index (Phi) is 12.3. The predicted molar refractivity (Wildman–Crippen MR) is 177 cm³/mol. The van der Waals surface area contributed by atoms with Crippen LogP contribution in [-0.2, 0) is 14.2 Å². The Bertz CT molecular complexity index is 799. The van der Waals surface area contributed by atoms with E-state index in [1.165, 1.54) is 64.6 Å². The summed E-state index contributed by atoms with van der Waals surface area (Å²) in [6, 6.07) is 5.34. The topological polar surface area (TPSA) is 40.7 Å². The monoisotopic (exact) mass is 605 g/mol. The summed E-state index contributed by atoms with van der Waals surface area (Å²) in [6.45, 7) is 28.5. The first-order valence-electron chi connectivity index (χ1n) is 18.4. The van der Waals surface area contributed by atoms with E-state index in [9.17, 15) is 0 Å². The van der Waals surface area contributed by atoms with Crippen LogP contribution >= 0.6 is 0 Å². The molecule has 0 aromatic carbocycles. The van der Waals surface area contributed by atoms with E-state index in [2.05, 4.69) is 75.0 Å². The van der Waals surface area contributed by atoms with Crippen LogP contribution < -0.4 is 0 Å². The number of fused-ring (bicyclic) bond motifs is 7. The largest absolute Gasteiger partial charge is 0.381 e. The third-order valence-electron chi connectivity index (χ3n) is 11.8. The van der Waals surface area contributed by atoms with Gasteiger partial charge in [0.05, 0.1) is 38.6 Å². The van der Waals surface area contributed by atoms with Gasteiger partial charge in [-0.05, 0) is 106 Å². The quantitative estimate of drug-likeness (QED) is 0.428. The number of likely N-dealkylation sites (tertiary alicyclic amines) is 3. The molecule has 7 heteroatoms. The maximum absolute atomic E-state index is 5.74. The average Bonchev–Trinajstić information content (AvgIpc) is 3.81. The third-order valence-corrected chi connectivity index (χ3v) is 11.8. The van der Waals surface area contributed by atoms with Crippen molar-refractivity contribution in [1.82, 2.24) is 19.6 Å². The van der Waals surface area contributed by atoms with Crippen LogP contribution in [0, 0.1) is 17.8 Å². The van der Waals surface area contributed by atoms with Gasteiger partial charge in [-0.15, -0.1) is 0 Å². The van der Waals surface area contributed by atoms with Crippen LogP contribution in [-0.4, -0.2) is 133 Å². The van der Waals surface area contributed by atoms with Gasteiger partial charge in [-0.1, -0.05) is 0 Å². The SMILES string of the molecule is CC(C)N1C2CCC1COC2.CC(C)N1CC2CCC(C1)O2.CC(C)N1CC2CCC1C2.CC(C)N1CC2COCC2C1. The number of rotatable bonds is 4. The Morgan fingerprint density at radius 2 is 1.00 bits per heavy atom. The van der Waals surface area contributed by atoms with Gasteiger partial charge >= 0.3 is 0 Å². The van der Waals surface area contributed by atoms with E-state index in [1.54, 1.807) is 0 Å². The summed E-state index contributed by atoms with van der Waals surface area (Å²) in [7, 11) is 0. The molecule has 0 radical (unpaired) electrons. The summed E-state index contributed by atoms with van der Waals surface area (Å²) in [5.74, 6) is 2.75. The standard InChI is InChI=1S/3C9H17NO.C9H17N/c1-7(2)10-3-8-5-11-6-9(8)4-10;1-7(2)10-8-3-4-9(10)6-11-5-8;1-7(2)10-5-8-3-4-9(6-10)11-8;1-7(2)10-6-8-3-4-9(10)5-8/h3*7-9H,3-6H2,1-2H3;7-9H,3-6H2,1-2H3. The Labute approximate surface area is 265 Å². The summed E-state index contributed by atoms with van der Waals surface area (Å²) in [4.78, 5) is 10.4. The molecule has 0 aromatic rings. The van der Waals surface area contributed by atoms with Gasteiger partial charge in [0, 0.05) is 86.9 Å². The van der Waals surface area contributed by atoms with Crippen LogP contribution in [0.4, 0.5) is 0 Å². The maximum Gasteiger partial charge on any atom is 0.0707 e. The zero-order chi connectivity index (χ0) is 30.7. The molecular formula is C36H68N4O3. The summed E-state index contributed by atoms with van der Waals surface area (Å²) < 4.78 is 16.6. The number of ether oxygens (including phenoxy) is 3. The second kappa shape index (κ2) is 15.5. The summed E-state index contributed by atoms with van der Waals surface area (Å²) in [5.41, 5.74) is 0. The van der Waals surface area contributed by atoms with Gasteiger partial charge in [-0.25, -0.2) is 0 Å². The van der Waals surface area contributed by atoms with E-state index in [-0.39, 0.29) is 0 Å². The average molecular weight is 605 g/mol. The first kappa shape index (κ1) is 34.1. The van der Waals surface area contributed by atoms with E-state index in [1.807, 2.05) is 0 Å². The second-order valence-electron chi connectivity index (χ2n) is 16.2. The van der Waals surface area contributed by atoms with Gasteiger partial charge in [0.2, 0.25) is 0 Å². The number of hydrogen-bond donors (Lipinski definition) is 0. The highest BCUT2D eigenvalue weighted by Crippen LogP contribution is 2.38. The third kappa shape index (κ3) is 8.75. The first-order chi connectivity index (χ1) is 20.6. The maximum atomic E-state index is 5.74. The Morgan fingerprint density at radius 1 is 0.488 bits per heavy atom. The lowest BCUT2D eigenvalue weighted by Gasteiger charge is -2.37. The fourth-order valence-electron chi connectivity index (χ4n) is 9.31. The van der Waals surface area contributed by atoms with Gasteiger partial charge in [0.25, 0.3) is 0 Å². The molecule has 0 amide bonds. The van der Waals surface area contributed by atoms with Crippen LogP contribution in [0.5, 0.6) is 0 Å². The molecule has 8 unspecified atom stereocenters. The molecule has 8 atom stereocenters. The minimum Gasteiger partial charge on any atom is -0.381 e. The van der Waals surface area contributed by atoms with Crippen LogP contribution in [0.15, 0.2) is 0 Å². The van der Waals surface area contributed by atoms with E-state index in [0.29, 0.717) is 24.3 Å². The predicted octanol–water partition coefficient (Wildman–Crippen LogP) is 5.37. The molecule has 6 bridgehead atoms. The Morgan fingerprint density at radius 3 is 1.40 bits per heavy atom. The number of morpholine rings is 2. The highest BCUT2D eigenvalue weighted by atomic mass is 16.5. The zero-order valence-corrected chi connectivity index (χ0v) is 29.3. The fourth-order valence-corrected chi connectivity index (χ4v) is 9.31. The molecule has 0 aromatic heterocycles.